The fraction of sp³-hybridized carbons (Fsp3) is 0.500. The molecule has 1 fully saturated rings. The van der Waals surface area contributed by atoms with E-state index in [1.54, 1.807) is 0 Å². The van der Waals surface area contributed by atoms with Gasteiger partial charge >= 0.3 is 0 Å². The summed E-state index contributed by atoms with van der Waals surface area (Å²) >= 11 is 0. The molecule has 1 aromatic carbocycles. The quantitative estimate of drug-likeness (QED) is 0.915. The van der Waals surface area contributed by atoms with Crippen LogP contribution in [-0.4, -0.2) is 34.2 Å². The number of benzene rings is 1. The van der Waals surface area contributed by atoms with Gasteiger partial charge in [-0.3, -0.25) is 9.88 Å². The number of aliphatic hydroxyl groups is 1. The highest BCUT2D eigenvalue weighted by molar-refractivity contribution is 5.82. The van der Waals surface area contributed by atoms with E-state index in [2.05, 4.69) is 41.1 Å². The van der Waals surface area contributed by atoms with Gasteiger partial charge in [0.05, 0.1) is 12.1 Å². The lowest BCUT2D eigenvalue weighted by molar-refractivity contribution is 0.145. The number of aromatic nitrogens is 1. The summed E-state index contributed by atoms with van der Waals surface area (Å²) in [4.78, 5) is 7.07. The molecule has 0 saturated heterocycles. The number of para-hydroxylation sites is 1. The zero-order chi connectivity index (χ0) is 14.7. The third-order valence-electron chi connectivity index (χ3n) is 4.53. The topological polar surface area (TPSA) is 36.4 Å². The zero-order valence-corrected chi connectivity index (χ0v) is 12.8. The lowest BCUT2D eigenvalue weighted by atomic mass is 10.1. The fourth-order valence-electron chi connectivity index (χ4n) is 3.53. The Morgan fingerprint density at radius 1 is 1.24 bits per heavy atom. The summed E-state index contributed by atoms with van der Waals surface area (Å²) in [5.74, 6) is 0. The second-order valence-electron chi connectivity index (χ2n) is 6.07. The molecule has 0 aliphatic heterocycles. The number of hydrogen-bond acceptors (Lipinski definition) is 3. The second-order valence-corrected chi connectivity index (χ2v) is 6.07. The van der Waals surface area contributed by atoms with Gasteiger partial charge in [0.25, 0.3) is 0 Å². The molecule has 3 heteroatoms. The Morgan fingerprint density at radius 2 is 2.00 bits per heavy atom. The van der Waals surface area contributed by atoms with Crippen molar-refractivity contribution in [2.75, 3.05) is 13.2 Å². The average Bonchev–Trinajstić information content (AvgIpc) is 3.00. The van der Waals surface area contributed by atoms with Gasteiger partial charge in [0.1, 0.15) is 0 Å². The highest BCUT2D eigenvalue weighted by Gasteiger charge is 2.22. The standard InChI is InChI=1S/C18H24N2O/c1-14-12-15(17-8-4-5-9-18(17)19-14)13-20(10-11-21)16-6-2-3-7-16/h4-5,8-9,12,16,21H,2-3,6-7,10-11,13H2,1H3. The molecule has 1 N–H and O–H groups in total. The molecule has 1 aliphatic rings. The Balaban J connectivity index is 1.91. The first-order valence-corrected chi connectivity index (χ1v) is 7.98. The number of aliphatic hydroxyl groups excluding tert-OH is 1. The molecule has 0 atom stereocenters. The molecule has 112 valence electrons. The van der Waals surface area contributed by atoms with E-state index in [9.17, 15) is 5.11 Å². The first-order valence-electron chi connectivity index (χ1n) is 7.98. The Bertz CT molecular complexity index is 605. The van der Waals surface area contributed by atoms with Crippen molar-refractivity contribution in [3.05, 3.63) is 41.6 Å². The molecule has 0 amide bonds. The van der Waals surface area contributed by atoms with Crippen LogP contribution < -0.4 is 0 Å². The molecule has 1 aromatic heterocycles. The number of rotatable bonds is 5. The van der Waals surface area contributed by atoms with Crippen molar-refractivity contribution >= 4 is 10.9 Å². The molecule has 0 radical (unpaired) electrons. The van der Waals surface area contributed by atoms with Gasteiger partial charge in [-0.25, -0.2) is 0 Å². The van der Waals surface area contributed by atoms with Gasteiger partial charge in [0.2, 0.25) is 0 Å². The van der Waals surface area contributed by atoms with E-state index in [0.717, 1.165) is 24.3 Å². The van der Waals surface area contributed by atoms with E-state index in [1.807, 2.05) is 6.07 Å². The molecule has 0 bridgehead atoms. The van der Waals surface area contributed by atoms with Gasteiger partial charge in [0.15, 0.2) is 0 Å². The zero-order valence-electron chi connectivity index (χ0n) is 12.8. The number of nitrogens with zero attached hydrogens (tertiary/aromatic N) is 2. The predicted molar refractivity (Wildman–Crippen MR) is 86.2 cm³/mol. The number of aryl methyl sites for hydroxylation is 1. The molecule has 1 saturated carbocycles. The third kappa shape index (κ3) is 3.25. The van der Waals surface area contributed by atoms with Gasteiger partial charge in [-0.15, -0.1) is 0 Å². The SMILES string of the molecule is Cc1cc(CN(CCO)C2CCCC2)c2ccccc2n1. The first kappa shape index (κ1) is 14.5. The summed E-state index contributed by atoms with van der Waals surface area (Å²) in [6, 6.07) is 11.2. The third-order valence-corrected chi connectivity index (χ3v) is 4.53. The molecule has 1 aliphatic carbocycles. The monoisotopic (exact) mass is 284 g/mol. The van der Waals surface area contributed by atoms with Crippen LogP contribution in [0.3, 0.4) is 0 Å². The Hall–Kier alpha value is -1.45. The second kappa shape index (κ2) is 6.54. The maximum atomic E-state index is 9.39. The fourth-order valence-corrected chi connectivity index (χ4v) is 3.53. The highest BCUT2D eigenvalue weighted by Crippen LogP contribution is 2.26. The van der Waals surface area contributed by atoms with Crippen LogP contribution in [0.5, 0.6) is 0 Å². The van der Waals surface area contributed by atoms with E-state index in [4.69, 9.17) is 0 Å². The number of fused-ring (bicyclic) bond motifs is 1. The van der Waals surface area contributed by atoms with E-state index >= 15 is 0 Å². The van der Waals surface area contributed by atoms with Gasteiger partial charge in [0, 0.05) is 30.2 Å². The van der Waals surface area contributed by atoms with Crippen molar-refractivity contribution in [3.63, 3.8) is 0 Å². The maximum Gasteiger partial charge on any atom is 0.0708 e. The highest BCUT2D eigenvalue weighted by atomic mass is 16.3. The van der Waals surface area contributed by atoms with Gasteiger partial charge in [-0.1, -0.05) is 31.0 Å². The summed E-state index contributed by atoms with van der Waals surface area (Å²) in [6.07, 6.45) is 5.18. The summed E-state index contributed by atoms with van der Waals surface area (Å²) in [7, 11) is 0. The molecule has 2 aromatic rings. The minimum Gasteiger partial charge on any atom is -0.395 e. The van der Waals surface area contributed by atoms with Gasteiger partial charge in [-0.05, 0) is 37.5 Å². The van der Waals surface area contributed by atoms with Crippen molar-refractivity contribution in [2.45, 2.75) is 45.2 Å². The van der Waals surface area contributed by atoms with Crippen LogP contribution in [0.25, 0.3) is 10.9 Å². The number of hydrogen-bond donors (Lipinski definition) is 1. The molecule has 1 heterocycles. The van der Waals surface area contributed by atoms with Crippen molar-refractivity contribution in [2.24, 2.45) is 0 Å². The maximum absolute atomic E-state index is 9.39. The van der Waals surface area contributed by atoms with E-state index in [1.165, 1.54) is 36.6 Å². The summed E-state index contributed by atoms with van der Waals surface area (Å²) in [6.45, 7) is 3.97. The molecular weight excluding hydrogens is 260 g/mol. The van der Waals surface area contributed by atoms with Crippen molar-refractivity contribution < 1.29 is 5.11 Å². The van der Waals surface area contributed by atoms with Crippen LogP contribution in [0.15, 0.2) is 30.3 Å². The van der Waals surface area contributed by atoms with Crippen molar-refractivity contribution in [1.82, 2.24) is 9.88 Å². The number of pyridine rings is 1. The summed E-state index contributed by atoms with van der Waals surface area (Å²) < 4.78 is 0. The van der Waals surface area contributed by atoms with Crippen LogP contribution in [0.1, 0.15) is 36.9 Å². The van der Waals surface area contributed by atoms with Crippen LogP contribution in [0.4, 0.5) is 0 Å². The van der Waals surface area contributed by atoms with Crippen LogP contribution >= 0.6 is 0 Å². The van der Waals surface area contributed by atoms with Crippen LogP contribution in [0.2, 0.25) is 0 Å². The van der Waals surface area contributed by atoms with Crippen molar-refractivity contribution in [3.8, 4) is 0 Å². The molecular formula is C18H24N2O. The van der Waals surface area contributed by atoms with Crippen LogP contribution in [0, 0.1) is 6.92 Å². The van der Waals surface area contributed by atoms with E-state index in [0.29, 0.717) is 6.04 Å². The first-order chi connectivity index (χ1) is 10.3. The summed E-state index contributed by atoms with van der Waals surface area (Å²) in [5.41, 5.74) is 3.47. The van der Waals surface area contributed by atoms with Crippen LogP contribution in [-0.2, 0) is 6.54 Å². The minimum atomic E-state index is 0.235. The Kier molecular flexibility index (Phi) is 4.51. The van der Waals surface area contributed by atoms with Gasteiger partial charge < -0.3 is 5.11 Å². The largest absolute Gasteiger partial charge is 0.395 e. The van der Waals surface area contributed by atoms with Crippen molar-refractivity contribution in [1.29, 1.82) is 0 Å². The van der Waals surface area contributed by atoms with E-state index in [-0.39, 0.29) is 6.61 Å². The normalized spacial score (nSPS) is 16.1. The Labute approximate surface area is 126 Å². The molecule has 0 spiro atoms. The molecule has 21 heavy (non-hydrogen) atoms. The predicted octanol–water partition coefficient (Wildman–Crippen LogP) is 3.28. The average molecular weight is 284 g/mol. The lowest BCUT2D eigenvalue weighted by Crippen LogP contribution is -2.35. The van der Waals surface area contributed by atoms with Gasteiger partial charge in [-0.2, -0.15) is 0 Å². The minimum absolute atomic E-state index is 0.235. The smallest absolute Gasteiger partial charge is 0.0708 e. The summed E-state index contributed by atoms with van der Waals surface area (Å²) in [5, 5.41) is 10.6. The molecule has 0 unspecified atom stereocenters. The Morgan fingerprint density at radius 3 is 2.76 bits per heavy atom. The lowest BCUT2D eigenvalue weighted by Gasteiger charge is -2.28. The molecule has 3 rings (SSSR count). The van der Waals surface area contributed by atoms with E-state index < -0.39 is 0 Å². The molecule has 3 nitrogen and oxygen atoms in total.